The number of nitrogens with zero attached hydrogens (tertiary/aromatic N) is 5. The van der Waals surface area contributed by atoms with E-state index < -0.39 is 36.6 Å². The van der Waals surface area contributed by atoms with Crippen LogP contribution in [0.25, 0.3) is 16.8 Å². The Morgan fingerprint density at radius 2 is 1.91 bits per heavy atom. The number of benzene rings is 2. The van der Waals surface area contributed by atoms with Gasteiger partial charge in [0.25, 0.3) is 5.91 Å². The second kappa shape index (κ2) is 14.7. The van der Waals surface area contributed by atoms with E-state index in [9.17, 15) is 25.4 Å². The zero-order valence-corrected chi connectivity index (χ0v) is 24.4. The number of aliphatic hydroxyl groups is 3. The molecule has 1 amide bonds. The fraction of sp³-hybridized carbons (Fsp3) is 0.467. The van der Waals surface area contributed by atoms with E-state index in [-0.39, 0.29) is 18.7 Å². The van der Waals surface area contributed by atoms with Crippen LogP contribution in [0.15, 0.2) is 48.2 Å². The number of fused-ring (bicyclic) bond motifs is 1. The Balaban J connectivity index is 1.14. The summed E-state index contributed by atoms with van der Waals surface area (Å²) in [6.07, 6.45) is -3.16. The highest BCUT2D eigenvalue weighted by Gasteiger charge is 2.44. The third-order valence-electron chi connectivity index (χ3n) is 7.69. The van der Waals surface area contributed by atoms with Crippen LogP contribution in [0.2, 0.25) is 0 Å². The molecule has 0 saturated carbocycles. The number of carbonyl (C=O) groups is 1. The van der Waals surface area contributed by atoms with Gasteiger partial charge in [0.15, 0.2) is 6.29 Å². The monoisotopic (exact) mass is 607 g/mol. The van der Waals surface area contributed by atoms with E-state index in [4.69, 9.17) is 14.2 Å². The molecule has 5 rings (SSSR count). The second-order valence-corrected chi connectivity index (χ2v) is 10.7. The van der Waals surface area contributed by atoms with Gasteiger partial charge in [-0.15, -0.1) is 5.10 Å². The second-order valence-electron chi connectivity index (χ2n) is 10.7. The first-order chi connectivity index (χ1) is 21.3. The van der Waals surface area contributed by atoms with Crippen molar-refractivity contribution < 1.29 is 34.3 Å². The predicted molar refractivity (Wildman–Crippen MR) is 159 cm³/mol. The smallest absolute Gasteiger partial charge is 0.262 e. The fourth-order valence-electron chi connectivity index (χ4n) is 5.18. The van der Waals surface area contributed by atoms with Crippen LogP contribution in [0.3, 0.4) is 0 Å². The Hall–Kier alpha value is -3.94. The van der Waals surface area contributed by atoms with E-state index in [2.05, 4.69) is 31.9 Å². The van der Waals surface area contributed by atoms with Crippen LogP contribution in [0, 0.1) is 11.3 Å². The number of hydrogen-bond donors (Lipinski definition) is 5. The van der Waals surface area contributed by atoms with Crippen molar-refractivity contribution in [2.45, 2.75) is 43.8 Å². The first kappa shape index (κ1) is 31.5. The summed E-state index contributed by atoms with van der Waals surface area (Å²) in [5.41, 5.74) is 2.09. The van der Waals surface area contributed by atoms with Crippen molar-refractivity contribution in [2.24, 2.45) is 0 Å². The van der Waals surface area contributed by atoms with Gasteiger partial charge in [-0.1, -0.05) is 23.4 Å². The Bertz CT molecular complexity index is 1500. The Labute approximate surface area is 254 Å². The van der Waals surface area contributed by atoms with Crippen LogP contribution in [0.5, 0.6) is 0 Å². The summed E-state index contributed by atoms with van der Waals surface area (Å²) < 4.78 is 17.3. The highest BCUT2D eigenvalue weighted by Crippen LogP contribution is 2.23. The lowest BCUT2D eigenvalue weighted by Gasteiger charge is -2.39. The van der Waals surface area contributed by atoms with Crippen LogP contribution < -0.4 is 10.6 Å². The van der Waals surface area contributed by atoms with Gasteiger partial charge in [0.1, 0.15) is 41.8 Å². The van der Waals surface area contributed by atoms with E-state index in [0.717, 1.165) is 61.4 Å². The third-order valence-corrected chi connectivity index (χ3v) is 7.69. The molecule has 2 aromatic carbocycles. The molecule has 0 aliphatic carbocycles. The van der Waals surface area contributed by atoms with Crippen LogP contribution in [-0.2, 0) is 32.1 Å². The molecule has 2 saturated heterocycles. The van der Waals surface area contributed by atoms with Crippen LogP contribution >= 0.6 is 0 Å². The van der Waals surface area contributed by atoms with Gasteiger partial charge in [-0.2, -0.15) is 5.26 Å². The Morgan fingerprint density at radius 3 is 2.68 bits per heavy atom. The molecule has 3 aromatic rings. The van der Waals surface area contributed by atoms with Gasteiger partial charge < -0.3 is 40.2 Å². The minimum Gasteiger partial charge on any atom is -0.388 e. The van der Waals surface area contributed by atoms with Crippen LogP contribution in [-0.4, -0.2) is 118 Å². The number of methoxy groups -OCH3 is 1. The first-order valence-electron chi connectivity index (χ1n) is 14.4. The molecule has 44 heavy (non-hydrogen) atoms. The number of aromatic nitrogens is 3. The number of aliphatic hydroxyl groups excluding tert-OH is 3. The lowest BCUT2D eigenvalue weighted by Crippen LogP contribution is -2.58. The maximum atomic E-state index is 12.8. The number of ether oxygens (including phenoxy) is 3. The van der Waals surface area contributed by atoms with Crippen LogP contribution in [0.1, 0.15) is 11.3 Å². The van der Waals surface area contributed by atoms with Crippen molar-refractivity contribution in [3.05, 3.63) is 59.4 Å². The zero-order chi connectivity index (χ0) is 31.1. The maximum Gasteiger partial charge on any atom is 0.262 e. The average Bonchev–Trinajstić information content (AvgIpc) is 3.50. The number of morpholine rings is 1. The zero-order valence-electron chi connectivity index (χ0n) is 24.4. The number of nitriles is 1. The standard InChI is InChI=1S/C30H37N7O7/c1-42-30-28(40)27(39)26(38)25(44-30)18-37-17-24(34-35-37)16-33-29(41)22(15-31)13-19-2-3-21-14-23(5-4-20(21)12-19)32-6-7-36-8-10-43-11-9-36/h2-5,12-14,17,25-28,30,32,38-40H,6-11,16,18H2,1H3,(H,33,41)/b22-13+/t25-,26-,27+,28-,30+/m1/s1. The molecule has 5 atom stereocenters. The van der Waals surface area contributed by atoms with Crippen molar-refractivity contribution >= 4 is 28.4 Å². The molecule has 0 radical (unpaired) electrons. The SMILES string of the molecule is CO[C@H]1O[C@H](Cn2cc(CNC(=O)/C(C#N)=C/c3ccc4cc(NCCN5CCOCC5)ccc4c3)nn2)[C@@H](O)[C@H](O)[C@H]1O. The highest BCUT2D eigenvalue weighted by atomic mass is 16.7. The molecule has 3 heterocycles. The Kier molecular flexibility index (Phi) is 10.5. The molecule has 1 aromatic heterocycles. The first-order valence-corrected chi connectivity index (χ1v) is 14.4. The van der Waals surface area contributed by atoms with Crippen molar-refractivity contribution in [3.8, 4) is 6.07 Å². The number of amides is 1. The van der Waals surface area contributed by atoms with E-state index in [1.54, 1.807) is 6.20 Å². The van der Waals surface area contributed by atoms with E-state index in [1.165, 1.54) is 17.9 Å². The molecule has 5 N–H and O–H groups in total. The quantitative estimate of drug-likeness (QED) is 0.144. The number of nitrogens with one attached hydrogen (secondary N) is 2. The summed E-state index contributed by atoms with van der Waals surface area (Å²) in [6.45, 7) is 5.29. The summed E-state index contributed by atoms with van der Waals surface area (Å²) in [6, 6.07) is 13.8. The number of anilines is 1. The molecule has 14 nitrogen and oxygen atoms in total. The van der Waals surface area contributed by atoms with Crippen LogP contribution in [0.4, 0.5) is 5.69 Å². The van der Waals surface area contributed by atoms with E-state index in [1.807, 2.05) is 36.4 Å². The highest BCUT2D eigenvalue weighted by molar-refractivity contribution is 6.02. The summed E-state index contributed by atoms with van der Waals surface area (Å²) in [5, 5.41) is 56.1. The van der Waals surface area contributed by atoms with Gasteiger partial charge in [-0.3, -0.25) is 9.69 Å². The van der Waals surface area contributed by atoms with Gasteiger partial charge in [0.05, 0.1) is 32.5 Å². The minimum absolute atomic E-state index is 0.00695. The lowest BCUT2D eigenvalue weighted by atomic mass is 9.99. The van der Waals surface area contributed by atoms with Gasteiger partial charge in [0, 0.05) is 39.0 Å². The summed E-state index contributed by atoms with van der Waals surface area (Å²) >= 11 is 0. The third kappa shape index (κ3) is 7.76. The molecule has 2 aliphatic heterocycles. The van der Waals surface area contributed by atoms with Crippen molar-refractivity contribution in [3.63, 3.8) is 0 Å². The average molecular weight is 608 g/mol. The fourth-order valence-corrected chi connectivity index (χ4v) is 5.18. The molecule has 14 heteroatoms. The predicted octanol–water partition coefficient (Wildman–Crippen LogP) is -0.147. The molecule has 0 unspecified atom stereocenters. The van der Waals surface area contributed by atoms with Crippen molar-refractivity contribution in [1.29, 1.82) is 5.26 Å². The number of rotatable bonds is 11. The largest absolute Gasteiger partial charge is 0.388 e. The molecular formula is C30H37N7O7. The number of carbonyl (C=O) groups excluding carboxylic acids is 1. The van der Waals surface area contributed by atoms with Gasteiger partial charge in [0.2, 0.25) is 0 Å². The summed E-state index contributed by atoms with van der Waals surface area (Å²) in [5.74, 6) is -0.562. The molecule has 0 spiro atoms. The summed E-state index contributed by atoms with van der Waals surface area (Å²) in [4.78, 5) is 15.2. The van der Waals surface area contributed by atoms with E-state index >= 15 is 0 Å². The molecular weight excluding hydrogens is 570 g/mol. The molecule has 2 fully saturated rings. The topological polar surface area (TPSA) is 187 Å². The van der Waals surface area contributed by atoms with Gasteiger partial charge in [-0.25, -0.2) is 4.68 Å². The minimum atomic E-state index is -1.45. The lowest BCUT2D eigenvalue weighted by molar-refractivity contribution is -0.292. The normalized spacial score (nSPS) is 24.6. The van der Waals surface area contributed by atoms with Crippen molar-refractivity contribution in [1.82, 2.24) is 25.2 Å². The van der Waals surface area contributed by atoms with Gasteiger partial charge >= 0.3 is 0 Å². The van der Waals surface area contributed by atoms with Crippen molar-refractivity contribution in [2.75, 3.05) is 51.8 Å². The maximum absolute atomic E-state index is 12.8. The molecule has 2 aliphatic rings. The summed E-state index contributed by atoms with van der Waals surface area (Å²) in [7, 11) is 1.32. The van der Waals surface area contributed by atoms with E-state index in [0.29, 0.717) is 5.69 Å². The number of hydrogen-bond acceptors (Lipinski definition) is 12. The van der Waals surface area contributed by atoms with Gasteiger partial charge in [-0.05, 0) is 40.6 Å². The molecule has 234 valence electrons. The Morgan fingerprint density at radius 1 is 1.14 bits per heavy atom. The molecule has 0 bridgehead atoms.